The zero-order valence-corrected chi connectivity index (χ0v) is 15.1. The van der Waals surface area contributed by atoms with Crippen LogP contribution in [0.1, 0.15) is 53.9 Å². The lowest BCUT2D eigenvalue weighted by Crippen LogP contribution is -3.13. The predicted molar refractivity (Wildman–Crippen MR) is 92.4 cm³/mol. The van der Waals surface area contributed by atoms with Gasteiger partial charge in [0.05, 0.1) is 25.3 Å². The van der Waals surface area contributed by atoms with Gasteiger partial charge in [-0.2, -0.15) is 0 Å². The van der Waals surface area contributed by atoms with Gasteiger partial charge in [0.25, 0.3) is 5.91 Å². The highest BCUT2D eigenvalue weighted by Crippen LogP contribution is 2.34. The second-order valence-electron chi connectivity index (χ2n) is 5.95. The van der Waals surface area contributed by atoms with Crippen LogP contribution >= 0.6 is 11.3 Å². The van der Waals surface area contributed by atoms with Crippen molar-refractivity contribution >= 4 is 28.2 Å². The fourth-order valence-corrected chi connectivity index (χ4v) is 4.29. The number of thiophene rings is 1. The maximum Gasteiger partial charge on any atom is 0.341 e. The van der Waals surface area contributed by atoms with Crippen molar-refractivity contribution in [2.24, 2.45) is 0 Å². The lowest BCUT2D eigenvalue weighted by atomic mass is 10.1. The summed E-state index contributed by atoms with van der Waals surface area (Å²) < 4.78 is 5.17. The second kappa shape index (κ2) is 8.45. The van der Waals surface area contributed by atoms with Crippen molar-refractivity contribution in [3.8, 4) is 0 Å². The van der Waals surface area contributed by atoms with E-state index in [1.165, 1.54) is 35.5 Å². The van der Waals surface area contributed by atoms with E-state index in [1.54, 1.807) is 6.92 Å². The zero-order valence-electron chi connectivity index (χ0n) is 14.3. The first-order valence-corrected chi connectivity index (χ1v) is 9.31. The van der Waals surface area contributed by atoms with E-state index in [2.05, 4.69) is 5.32 Å². The van der Waals surface area contributed by atoms with Crippen molar-refractivity contribution in [3.05, 3.63) is 16.0 Å². The first-order chi connectivity index (χ1) is 11.1. The largest absolute Gasteiger partial charge is 0.462 e. The molecule has 2 rings (SSSR count). The fourth-order valence-electron chi connectivity index (χ4n) is 3.14. The number of quaternary nitrogens is 1. The summed E-state index contributed by atoms with van der Waals surface area (Å²) in [5.41, 5.74) is 1.52. The molecule has 6 heteroatoms. The van der Waals surface area contributed by atoms with E-state index in [-0.39, 0.29) is 11.9 Å². The SMILES string of the molecule is CCOC(=O)c1c(NC(=O)C[NH+]2CCCCC2)sc(C)c1CC. The summed E-state index contributed by atoms with van der Waals surface area (Å²) in [7, 11) is 0. The van der Waals surface area contributed by atoms with Gasteiger partial charge in [-0.15, -0.1) is 11.3 Å². The van der Waals surface area contributed by atoms with Crippen LogP contribution in [-0.4, -0.2) is 38.1 Å². The van der Waals surface area contributed by atoms with Crippen molar-refractivity contribution < 1.29 is 19.2 Å². The normalized spacial score (nSPS) is 15.4. The van der Waals surface area contributed by atoms with Crippen LogP contribution in [0, 0.1) is 6.92 Å². The monoisotopic (exact) mass is 339 g/mol. The Labute approximate surface area is 142 Å². The number of esters is 1. The Balaban J connectivity index is 2.11. The number of rotatable bonds is 6. The number of anilines is 1. The minimum Gasteiger partial charge on any atom is -0.462 e. The molecule has 0 radical (unpaired) electrons. The van der Waals surface area contributed by atoms with Crippen molar-refractivity contribution in [2.45, 2.75) is 46.5 Å². The molecule has 1 aliphatic rings. The Morgan fingerprint density at radius 3 is 2.52 bits per heavy atom. The van der Waals surface area contributed by atoms with Gasteiger partial charge >= 0.3 is 5.97 Å². The number of carbonyl (C=O) groups is 2. The summed E-state index contributed by atoms with van der Waals surface area (Å²) in [4.78, 5) is 27.0. The Kier molecular flexibility index (Phi) is 6.59. The molecule has 1 aliphatic heterocycles. The molecule has 0 saturated carbocycles. The third-order valence-electron chi connectivity index (χ3n) is 4.27. The number of carbonyl (C=O) groups excluding carboxylic acids is 2. The zero-order chi connectivity index (χ0) is 16.8. The molecule has 1 amide bonds. The first-order valence-electron chi connectivity index (χ1n) is 8.49. The molecule has 0 bridgehead atoms. The van der Waals surface area contributed by atoms with Gasteiger partial charge in [-0.3, -0.25) is 4.79 Å². The fraction of sp³-hybridized carbons (Fsp3) is 0.647. The maximum atomic E-state index is 12.3. The van der Waals surface area contributed by atoms with E-state index in [1.807, 2.05) is 13.8 Å². The van der Waals surface area contributed by atoms with Gasteiger partial charge in [0.15, 0.2) is 6.54 Å². The number of hydrogen-bond acceptors (Lipinski definition) is 4. The molecule has 1 aromatic rings. The number of nitrogens with one attached hydrogen (secondary N) is 2. The number of hydrogen-bond donors (Lipinski definition) is 2. The van der Waals surface area contributed by atoms with E-state index in [9.17, 15) is 9.59 Å². The molecule has 23 heavy (non-hydrogen) atoms. The Bertz CT molecular complexity index is 562. The number of amides is 1. The van der Waals surface area contributed by atoms with Crippen molar-refractivity contribution in [1.29, 1.82) is 0 Å². The molecular weight excluding hydrogens is 312 g/mol. The highest BCUT2D eigenvalue weighted by molar-refractivity contribution is 7.16. The summed E-state index contributed by atoms with van der Waals surface area (Å²) in [5, 5.41) is 3.59. The van der Waals surface area contributed by atoms with Crippen LogP contribution in [0.4, 0.5) is 5.00 Å². The molecule has 0 spiro atoms. The van der Waals surface area contributed by atoms with Gasteiger partial charge in [0.1, 0.15) is 5.00 Å². The molecule has 1 aromatic heterocycles. The number of aryl methyl sites for hydroxylation is 1. The van der Waals surface area contributed by atoms with Crippen molar-refractivity contribution in [1.82, 2.24) is 0 Å². The van der Waals surface area contributed by atoms with E-state index in [4.69, 9.17) is 4.74 Å². The van der Waals surface area contributed by atoms with Gasteiger partial charge < -0.3 is 15.0 Å². The predicted octanol–water partition coefficient (Wildman–Crippen LogP) is 1.80. The Morgan fingerprint density at radius 2 is 1.91 bits per heavy atom. The molecule has 2 N–H and O–H groups in total. The highest BCUT2D eigenvalue weighted by atomic mass is 32.1. The molecular formula is C17H27N2O3S+. The third-order valence-corrected chi connectivity index (χ3v) is 5.33. The molecule has 1 saturated heterocycles. The van der Waals surface area contributed by atoms with Crippen LogP contribution in [0.15, 0.2) is 0 Å². The lowest BCUT2D eigenvalue weighted by Gasteiger charge is -2.22. The lowest BCUT2D eigenvalue weighted by molar-refractivity contribution is -0.896. The second-order valence-corrected chi connectivity index (χ2v) is 7.18. The number of ether oxygens (including phenoxy) is 1. The van der Waals surface area contributed by atoms with Gasteiger partial charge in [-0.05, 0) is 45.1 Å². The van der Waals surface area contributed by atoms with Gasteiger partial charge in [-0.25, -0.2) is 4.79 Å². The molecule has 5 nitrogen and oxygen atoms in total. The maximum absolute atomic E-state index is 12.3. The minimum atomic E-state index is -0.339. The Hall–Kier alpha value is -1.40. The summed E-state index contributed by atoms with van der Waals surface area (Å²) in [5.74, 6) is -0.356. The Morgan fingerprint density at radius 1 is 1.22 bits per heavy atom. The van der Waals surface area contributed by atoms with E-state index in [0.717, 1.165) is 30.0 Å². The minimum absolute atomic E-state index is 0.0173. The molecule has 0 unspecified atom stereocenters. The quantitative estimate of drug-likeness (QED) is 0.777. The van der Waals surface area contributed by atoms with E-state index in [0.29, 0.717) is 23.7 Å². The topological polar surface area (TPSA) is 59.8 Å². The van der Waals surface area contributed by atoms with Gasteiger partial charge in [0.2, 0.25) is 0 Å². The molecule has 2 heterocycles. The molecule has 0 aromatic carbocycles. The van der Waals surface area contributed by atoms with Crippen molar-refractivity contribution in [3.63, 3.8) is 0 Å². The smallest absolute Gasteiger partial charge is 0.341 e. The highest BCUT2D eigenvalue weighted by Gasteiger charge is 2.25. The first kappa shape index (κ1) is 17.9. The standard InChI is InChI=1S/C17H26N2O3S/c1-4-13-12(3)23-16(15(13)17(21)22-5-2)18-14(20)11-19-9-7-6-8-10-19/h4-11H2,1-3H3,(H,18,20)/p+1. The number of likely N-dealkylation sites (tertiary alicyclic amines) is 1. The molecule has 0 aliphatic carbocycles. The van der Waals surface area contributed by atoms with Crippen LogP contribution in [0.25, 0.3) is 0 Å². The summed E-state index contributed by atoms with van der Waals surface area (Å²) in [6.07, 6.45) is 4.40. The summed E-state index contributed by atoms with van der Waals surface area (Å²) in [6.45, 7) is 8.71. The van der Waals surface area contributed by atoms with Crippen LogP contribution < -0.4 is 10.2 Å². The third kappa shape index (κ3) is 4.54. The van der Waals surface area contributed by atoms with E-state index < -0.39 is 0 Å². The summed E-state index contributed by atoms with van der Waals surface area (Å²) in [6, 6.07) is 0. The number of piperidine rings is 1. The van der Waals surface area contributed by atoms with E-state index >= 15 is 0 Å². The van der Waals surface area contributed by atoms with Gasteiger partial charge in [0, 0.05) is 4.88 Å². The average molecular weight is 339 g/mol. The molecule has 128 valence electrons. The average Bonchev–Trinajstić information content (AvgIpc) is 2.83. The van der Waals surface area contributed by atoms with Crippen LogP contribution in [0.3, 0.4) is 0 Å². The molecule has 1 fully saturated rings. The van der Waals surface area contributed by atoms with Crippen molar-refractivity contribution in [2.75, 3.05) is 31.6 Å². The summed E-state index contributed by atoms with van der Waals surface area (Å²) >= 11 is 1.47. The molecule has 0 atom stereocenters. The van der Waals surface area contributed by atoms with Crippen LogP contribution in [0.2, 0.25) is 0 Å². The van der Waals surface area contributed by atoms with Gasteiger partial charge in [-0.1, -0.05) is 6.92 Å². The van der Waals surface area contributed by atoms with Crippen LogP contribution in [-0.2, 0) is 16.0 Å². The van der Waals surface area contributed by atoms with Crippen LogP contribution in [0.5, 0.6) is 0 Å².